The molecule has 2 aromatic heterocycles. The molecule has 0 fully saturated rings. The average Bonchev–Trinajstić information content (AvgIpc) is 2.89. The monoisotopic (exact) mass is 262 g/mol. The Morgan fingerprint density at radius 3 is 2.85 bits per heavy atom. The van der Waals surface area contributed by atoms with Crippen molar-refractivity contribution < 1.29 is 0 Å². The molecule has 4 heteroatoms. The second-order valence-corrected chi connectivity index (χ2v) is 4.70. The molecule has 0 unspecified atom stereocenters. The maximum absolute atomic E-state index is 8.89. The van der Waals surface area contributed by atoms with Crippen LogP contribution < -0.4 is 5.73 Å². The molecule has 3 rings (SSSR count). The van der Waals surface area contributed by atoms with E-state index in [1.807, 2.05) is 18.2 Å². The van der Waals surface area contributed by atoms with Gasteiger partial charge in [-0.2, -0.15) is 5.26 Å². The maximum atomic E-state index is 8.89. The lowest BCUT2D eigenvalue weighted by molar-refractivity contribution is 0.833. The fourth-order valence-electron chi connectivity index (χ4n) is 2.34. The highest BCUT2D eigenvalue weighted by molar-refractivity contribution is 5.81. The van der Waals surface area contributed by atoms with E-state index in [1.165, 1.54) is 5.39 Å². The van der Waals surface area contributed by atoms with Gasteiger partial charge in [0.1, 0.15) is 11.8 Å². The van der Waals surface area contributed by atoms with Gasteiger partial charge in [0.25, 0.3) is 0 Å². The molecule has 0 bridgehead atoms. The first-order valence-electron chi connectivity index (χ1n) is 6.43. The Morgan fingerprint density at radius 2 is 2.05 bits per heavy atom. The number of aromatic nitrogens is 2. The first-order valence-corrected chi connectivity index (χ1v) is 6.43. The summed E-state index contributed by atoms with van der Waals surface area (Å²) in [5.41, 5.74) is 9.47. The number of nitrogens with two attached hydrogens (primary N) is 1. The molecule has 2 heterocycles. The molecule has 0 aliphatic rings. The number of rotatable bonds is 3. The standard InChI is InChI=1S/C16H14N4/c17-9-12-1-2-16-14(7-12)4-6-20(16)11-13-3-5-19-15(8-13)10-18/h1-8H,9,11,17H2. The van der Waals surface area contributed by atoms with Crippen molar-refractivity contribution in [3.8, 4) is 6.07 Å². The van der Waals surface area contributed by atoms with Gasteiger partial charge in [0, 0.05) is 31.0 Å². The first kappa shape index (κ1) is 12.4. The topological polar surface area (TPSA) is 67.6 Å². The summed E-state index contributed by atoms with van der Waals surface area (Å²) in [4.78, 5) is 3.99. The van der Waals surface area contributed by atoms with Crippen LogP contribution in [0.3, 0.4) is 0 Å². The molecular formula is C16H14N4. The largest absolute Gasteiger partial charge is 0.343 e. The molecule has 98 valence electrons. The second kappa shape index (κ2) is 5.16. The predicted molar refractivity (Wildman–Crippen MR) is 77.9 cm³/mol. The van der Waals surface area contributed by atoms with Crippen LogP contribution in [0.4, 0.5) is 0 Å². The van der Waals surface area contributed by atoms with Crippen LogP contribution in [0.1, 0.15) is 16.8 Å². The van der Waals surface area contributed by atoms with Crippen LogP contribution in [0, 0.1) is 11.3 Å². The molecule has 4 nitrogen and oxygen atoms in total. The van der Waals surface area contributed by atoms with Crippen molar-refractivity contribution in [1.82, 2.24) is 9.55 Å². The minimum absolute atomic E-state index is 0.448. The third-order valence-electron chi connectivity index (χ3n) is 3.36. The number of hydrogen-bond acceptors (Lipinski definition) is 3. The summed E-state index contributed by atoms with van der Waals surface area (Å²) in [6, 6.07) is 14.1. The highest BCUT2D eigenvalue weighted by Gasteiger charge is 2.03. The molecule has 0 saturated carbocycles. The van der Waals surface area contributed by atoms with Gasteiger partial charge in [0.15, 0.2) is 0 Å². The summed E-state index contributed by atoms with van der Waals surface area (Å²) in [7, 11) is 0. The number of hydrogen-bond donors (Lipinski definition) is 1. The Hall–Kier alpha value is -2.64. The average molecular weight is 262 g/mol. The summed E-state index contributed by atoms with van der Waals surface area (Å²) in [6.45, 7) is 1.28. The van der Waals surface area contributed by atoms with Gasteiger partial charge in [-0.3, -0.25) is 0 Å². The van der Waals surface area contributed by atoms with Crippen molar-refractivity contribution in [3.05, 3.63) is 65.6 Å². The van der Waals surface area contributed by atoms with Gasteiger partial charge < -0.3 is 10.3 Å². The summed E-state index contributed by atoms with van der Waals surface area (Å²) in [5, 5.41) is 10.1. The van der Waals surface area contributed by atoms with Gasteiger partial charge in [0.2, 0.25) is 0 Å². The Bertz CT molecular complexity index is 796. The van der Waals surface area contributed by atoms with E-state index in [0.29, 0.717) is 12.2 Å². The molecular weight excluding hydrogens is 248 g/mol. The van der Waals surface area contributed by atoms with Crippen LogP contribution in [-0.4, -0.2) is 9.55 Å². The van der Waals surface area contributed by atoms with Crippen LogP contribution >= 0.6 is 0 Å². The van der Waals surface area contributed by atoms with E-state index in [0.717, 1.165) is 23.2 Å². The van der Waals surface area contributed by atoms with Gasteiger partial charge in [-0.05, 0) is 46.8 Å². The minimum Gasteiger partial charge on any atom is -0.343 e. The predicted octanol–water partition coefficient (Wildman–Crippen LogP) is 2.41. The van der Waals surface area contributed by atoms with Gasteiger partial charge in [0.05, 0.1) is 0 Å². The summed E-state index contributed by atoms with van der Waals surface area (Å²) >= 11 is 0. The number of fused-ring (bicyclic) bond motifs is 1. The fourth-order valence-corrected chi connectivity index (χ4v) is 2.34. The number of nitriles is 1. The third kappa shape index (κ3) is 2.27. The zero-order valence-electron chi connectivity index (χ0n) is 11.0. The van der Waals surface area contributed by atoms with Gasteiger partial charge in [-0.15, -0.1) is 0 Å². The summed E-state index contributed by atoms with van der Waals surface area (Å²) < 4.78 is 2.16. The van der Waals surface area contributed by atoms with Crippen LogP contribution in [0.25, 0.3) is 10.9 Å². The van der Waals surface area contributed by atoms with E-state index >= 15 is 0 Å². The van der Waals surface area contributed by atoms with E-state index < -0.39 is 0 Å². The lowest BCUT2D eigenvalue weighted by Crippen LogP contribution is -1.99. The quantitative estimate of drug-likeness (QED) is 0.788. The van der Waals surface area contributed by atoms with E-state index in [1.54, 1.807) is 6.20 Å². The number of nitrogens with zero attached hydrogens (tertiary/aromatic N) is 3. The van der Waals surface area contributed by atoms with Crippen molar-refractivity contribution in [3.63, 3.8) is 0 Å². The van der Waals surface area contributed by atoms with E-state index in [2.05, 4.69) is 40.0 Å². The highest BCUT2D eigenvalue weighted by Crippen LogP contribution is 2.19. The summed E-state index contributed by atoms with van der Waals surface area (Å²) in [6.07, 6.45) is 3.73. The maximum Gasteiger partial charge on any atom is 0.140 e. The molecule has 0 aliphatic carbocycles. The lowest BCUT2D eigenvalue weighted by Gasteiger charge is -2.06. The zero-order valence-corrected chi connectivity index (χ0v) is 11.0. The molecule has 3 aromatic rings. The molecule has 0 saturated heterocycles. The van der Waals surface area contributed by atoms with Crippen molar-refractivity contribution in [2.45, 2.75) is 13.1 Å². The van der Waals surface area contributed by atoms with Crippen molar-refractivity contribution in [2.75, 3.05) is 0 Å². The minimum atomic E-state index is 0.448. The van der Waals surface area contributed by atoms with E-state index in [4.69, 9.17) is 11.0 Å². The lowest BCUT2D eigenvalue weighted by atomic mass is 10.1. The molecule has 0 radical (unpaired) electrons. The van der Waals surface area contributed by atoms with Crippen LogP contribution in [0.2, 0.25) is 0 Å². The highest BCUT2D eigenvalue weighted by atomic mass is 14.9. The number of benzene rings is 1. The van der Waals surface area contributed by atoms with Gasteiger partial charge >= 0.3 is 0 Å². The molecule has 0 amide bonds. The van der Waals surface area contributed by atoms with Crippen LogP contribution in [-0.2, 0) is 13.1 Å². The molecule has 0 aliphatic heterocycles. The SMILES string of the molecule is N#Cc1cc(Cn2ccc3cc(CN)ccc32)ccn1. The van der Waals surface area contributed by atoms with Gasteiger partial charge in [-0.1, -0.05) is 6.07 Å². The Kier molecular flexibility index (Phi) is 3.20. The van der Waals surface area contributed by atoms with E-state index in [9.17, 15) is 0 Å². The normalized spacial score (nSPS) is 10.6. The molecule has 1 aromatic carbocycles. The molecule has 0 spiro atoms. The van der Waals surface area contributed by atoms with Crippen molar-refractivity contribution in [1.29, 1.82) is 5.26 Å². The molecule has 2 N–H and O–H groups in total. The smallest absolute Gasteiger partial charge is 0.140 e. The van der Waals surface area contributed by atoms with E-state index in [-0.39, 0.29) is 0 Å². The van der Waals surface area contributed by atoms with Crippen molar-refractivity contribution in [2.24, 2.45) is 5.73 Å². The summed E-state index contributed by atoms with van der Waals surface area (Å²) in [5.74, 6) is 0. The third-order valence-corrected chi connectivity index (χ3v) is 3.36. The first-order chi connectivity index (χ1) is 9.80. The Labute approximate surface area is 117 Å². The fraction of sp³-hybridized carbons (Fsp3) is 0.125. The molecule has 20 heavy (non-hydrogen) atoms. The van der Waals surface area contributed by atoms with Crippen LogP contribution in [0.5, 0.6) is 0 Å². The van der Waals surface area contributed by atoms with Crippen LogP contribution in [0.15, 0.2) is 48.8 Å². The van der Waals surface area contributed by atoms with Crippen molar-refractivity contribution >= 4 is 10.9 Å². The zero-order chi connectivity index (χ0) is 13.9. The Morgan fingerprint density at radius 1 is 1.15 bits per heavy atom. The second-order valence-electron chi connectivity index (χ2n) is 4.70. The number of pyridine rings is 1. The van der Waals surface area contributed by atoms with Gasteiger partial charge in [-0.25, -0.2) is 4.98 Å². The molecule has 0 atom stereocenters. The Balaban J connectivity index is 1.96.